The number of amides is 1. The molecule has 46 heavy (non-hydrogen) atoms. The fourth-order valence-corrected chi connectivity index (χ4v) is 5.83. The number of anilines is 2. The number of carbonyl (C=O) groups excluding carboxylic acids is 1. The molecule has 1 unspecified atom stereocenters. The first-order valence-electron chi connectivity index (χ1n) is 15.3. The first kappa shape index (κ1) is 30.9. The third kappa shape index (κ3) is 7.22. The number of morpholine rings is 1. The summed E-state index contributed by atoms with van der Waals surface area (Å²) in [7, 11) is 1.58. The van der Waals surface area contributed by atoms with E-state index in [9.17, 15) is 10.1 Å². The zero-order valence-electron chi connectivity index (χ0n) is 25.9. The summed E-state index contributed by atoms with van der Waals surface area (Å²) in [5.74, 6) is 1.35. The molecule has 0 bridgehead atoms. The molecule has 2 aromatic carbocycles. The average Bonchev–Trinajstić information content (AvgIpc) is 3.61. The average molecular weight is 625 g/mol. The highest BCUT2D eigenvalue weighted by Gasteiger charge is 2.28. The molecule has 0 saturated carbocycles. The van der Waals surface area contributed by atoms with Gasteiger partial charge in [-0.15, -0.1) is 5.10 Å². The van der Waals surface area contributed by atoms with Gasteiger partial charge in [-0.25, -0.2) is 14.6 Å². The van der Waals surface area contributed by atoms with Crippen molar-refractivity contribution in [3.8, 4) is 28.7 Å². The number of carbonyl (C=O) groups is 1. The van der Waals surface area contributed by atoms with Crippen molar-refractivity contribution in [2.24, 2.45) is 0 Å². The fraction of sp³-hybridized carbons (Fsp3) is 0.406. The van der Waals surface area contributed by atoms with Gasteiger partial charge in [0.1, 0.15) is 30.0 Å². The lowest BCUT2D eigenvalue weighted by molar-refractivity contribution is 0.00159. The van der Waals surface area contributed by atoms with E-state index in [-0.39, 0.29) is 12.0 Å². The lowest BCUT2D eigenvalue weighted by Crippen LogP contribution is -2.50. The lowest BCUT2D eigenvalue weighted by atomic mass is 10.0. The third-order valence-electron chi connectivity index (χ3n) is 8.26. The normalized spacial score (nSPS) is 16.4. The van der Waals surface area contributed by atoms with Crippen LogP contribution in [0.1, 0.15) is 35.7 Å². The molecule has 2 fully saturated rings. The Labute approximate surface area is 266 Å². The number of aromatic nitrogens is 6. The Morgan fingerprint density at radius 2 is 1.85 bits per heavy atom. The molecule has 238 valence electrons. The summed E-state index contributed by atoms with van der Waals surface area (Å²) in [4.78, 5) is 26.9. The topological polar surface area (TPSA) is 156 Å². The number of rotatable bonds is 10. The summed E-state index contributed by atoms with van der Waals surface area (Å²) in [6.07, 6.45) is 6.51. The minimum Gasteiger partial charge on any atom is -0.495 e. The molecular weight excluding hydrogens is 588 g/mol. The number of nitriles is 1. The Morgan fingerprint density at radius 3 is 2.54 bits per heavy atom. The molecule has 1 amide bonds. The zero-order chi connectivity index (χ0) is 31.9. The SMILES string of the molecule is COc1ccc(C(=O)N2CCC(N3CCOCC3)CC2)cc1Nc1ncc(-c2ccc(C#N)c(OC(C)Cn3cnnn3)c2)cn1. The molecule has 0 spiro atoms. The summed E-state index contributed by atoms with van der Waals surface area (Å²) < 4.78 is 18.7. The van der Waals surface area contributed by atoms with Crippen molar-refractivity contribution in [2.45, 2.75) is 38.5 Å². The van der Waals surface area contributed by atoms with Gasteiger partial charge in [0.2, 0.25) is 5.95 Å². The van der Waals surface area contributed by atoms with Crippen LogP contribution in [0.25, 0.3) is 11.1 Å². The predicted octanol–water partition coefficient (Wildman–Crippen LogP) is 3.16. The highest BCUT2D eigenvalue weighted by molar-refractivity contribution is 5.96. The molecule has 4 aromatic rings. The molecule has 14 nitrogen and oxygen atoms in total. The molecular formula is C32H36N10O4. The minimum atomic E-state index is -0.284. The number of nitrogens with one attached hydrogen (secondary N) is 1. The van der Waals surface area contributed by atoms with E-state index in [2.05, 4.69) is 41.8 Å². The van der Waals surface area contributed by atoms with Crippen molar-refractivity contribution in [1.82, 2.24) is 40.0 Å². The standard InChI is InChI=1S/C32H36N10O4/c1-22(20-42-21-36-38-39-42)46-30-16-23(3-4-25(30)17-33)26-18-34-32(35-19-26)37-28-15-24(5-6-29(28)44-2)31(43)41-9-7-27(8-10-41)40-11-13-45-14-12-40/h3-6,15-16,18-19,21-22,27H,7-14,20H2,1-2H3,(H,34,35,37). The highest BCUT2D eigenvalue weighted by Crippen LogP contribution is 2.31. The molecule has 6 rings (SSSR count). The Balaban J connectivity index is 1.12. The second kappa shape index (κ2) is 14.3. The van der Waals surface area contributed by atoms with E-state index in [1.54, 1.807) is 54.5 Å². The van der Waals surface area contributed by atoms with Gasteiger partial charge in [-0.1, -0.05) is 6.07 Å². The molecule has 4 heterocycles. The number of tetrazole rings is 1. The van der Waals surface area contributed by atoms with Crippen LogP contribution in [-0.2, 0) is 11.3 Å². The monoisotopic (exact) mass is 624 g/mol. The lowest BCUT2D eigenvalue weighted by Gasteiger charge is -2.40. The van der Waals surface area contributed by atoms with Crippen LogP contribution in [0.15, 0.2) is 55.1 Å². The van der Waals surface area contributed by atoms with Crippen LogP contribution < -0.4 is 14.8 Å². The molecule has 0 radical (unpaired) electrons. The van der Waals surface area contributed by atoms with Crippen molar-refractivity contribution in [1.29, 1.82) is 5.26 Å². The van der Waals surface area contributed by atoms with Gasteiger partial charge in [0, 0.05) is 55.7 Å². The van der Waals surface area contributed by atoms with Gasteiger partial charge in [0.15, 0.2) is 0 Å². The number of nitrogens with zero attached hydrogens (tertiary/aromatic N) is 9. The molecule has 0 aliphatic carbocycles. The smallest absolute Gasteiger partial charge is 0.253 e. The zero-order valence-corrected chi connectivity index (χ0v) is 25.9. The van der Waals surface area contributed by atoms with Crippen LogP contribution in [0, 0.1) is 11.3 Å². The van der Waals surface area contributed by atoms with Crippen molar-refractivity contribution in [3.05, 3.63) is 66.2 Å². The van der Waals surface area contributed by atoms with E-state index in [0.29, 0.717) is 46.8 Å². The summed E-state index contributed by atoms with van der Waals surface area (Å²) in [5.41, 5.74) is 3.11. The number of ether oxygens (including phenoxy) is 3. The van der Waals surface area contributed by atoms with Crippen molar-refractivity contribution < 1.29 is 19.0 Å². The third-order valence-corrected chi connectivity index (χ3v) is 8.26. The predicted molar refractivity (Wildman–Crippen MR) is 168 cm³/mol. The van der Waals surface area contributed by atoms with Crippen LogP contribution in [0.5, 0.6) is 11.5 Å². The molecule has 2 aliphatic rings. The molecule has 2 aliphatic heterocycles. The molecule has 1 N–H and O–H groups in total. The molecule has 2 aromatic heterocycles. The van der Waals surface area contributed by atoms with E-state index in [0.717, 1.165) is 63.4 Å². The maximum absolute atomic E-state index is 13.5. The van der Waals surface area contributed by atoms with Crippen LogP contribution in [0.2, 0.25) is 0 Å². The second-order valence-electron chi connectivity index (χ2n) is 11.3. The quantitative estimate of drug-likeness (QED) is 0.275. The van der Waals surface area contributed by atoms with Crippen LogP contribution >= 0.6 is 0 Å². The summed E-state index contributed by atoms with van der Waals surface area (Å²) in [6.45, 7) is 7.23. The molecule has 1 atom stereocenters. The van der Waals surface area contributed by atoms with Gasteiger partial charge in [-0.3, -0.25) is 9.69 Å². The number of hydrogen-bond donors (Lipinski definition) is 1. The number of piperidine rings is 1. The van der Waals surface area contributed by atoms with E-state index >= 15 is 0 Å². The van der Waals surface area contributed by atoms with E-state index < -0.39 is 0 Å². The maximum Gasteiger partial charge on any atom is 0.253 e. The Kier molecular flexibility index (Phi) is 9.61. The van der Waals surface area contributed by atoms with Gasteiger partial charge >= 0.3 is 0 Å². The van der Waals surface area contributed by atoms with Crippen molar-refractivity contribution in [2.75, 3.05) is 51.8 Å². The van der Waals surface area contributed by atoms with Gasteiger partial charge in [-0.2, -0.15) is 5.26 Å². The van der Waals surface area contributed by atoms with Gasteiger partial charge in [0.05, 0.1) is 38.1 Å². The maximum atomic E-state index is 13.5. The fourth-order valence-electron chi connectivity index (χ4n) is 5.83. The van der Waals surface area contributed by atoms with Crippen molar-refractivity contribution >= 4 is 17.5 Å². The van der Waals surface area contributed by atoms with Crippen LogP contribution in [0.3, 0.4) is 0 Å². The van der Waals surface area contributed by atoms with Crippen LogP contribution in [-0.4, -0.2) is 105 Å². The molecule has 2 saturated heterocycles. The van der Waals surface area contributed by atoms with Crippen molar-refractivity contribution in [3.63, 3.8) is 0 Å². The number of benzene rings is 2. The Morgan fingerprint density at radius 1 is 1.07 bits per heavy atom. The van der Waals surface area contributed by atoms with Crippen LogP contribution in [0.4, 0.5) is 11.6 Å². The first-order valence-corrected chi connectivity index (χ1v) is 15.3. The summed E-state index contributed by atoms with van der Waals surface area (Å²) in [6, 6.07) is 13.4. The summed E-state index contributed by atoms with van der Waals surface area (Å²) in [5, 5.41) is 24.0. The first-order chi connectivity index (χ1) is 22.5. The number of methoxy groups -OCH3 is 1. The van der Waals surface area contributed by atoms with E-state index in [1.165, 1.54) is 6.33 Å². The summed E-state index contributed by atoms with van der Waals surface area (Å²) >= 11 is 0. The molecule has 14 heteroatoms. The largest absolute Gasteiger partial charge is 0.495 e. The van der Waals surface area contributed by atoms with Gasteiger partial charge < -0.3 is 24.4 Å². The highest BCUT2D eigenvalue weighted by atomic mass is 16.5. The second-order valence-corrected chi connectivity index (χ2v) is 11.3. The van der Waals surface area contributed by atoms with E-state index in [4.69, 9.17) is 14.2 Å². The minimum absolute atomic E-state index is 0.00601. The number of hydrogen-bond acceptors (Lipinski definition) is 12. The number of likely N-dealkylation sites (tertiary alicyclic amines) is 1. The Bertz CT molecular complexity index is 1660. The van der Waals surface area contributed by atoms with Gasteiger partial charge in [-0.05, 0) is 66.1 Å². The Hall–Kier alpha value is -5.13. The van der Waals surface area contributed by atoms with Gasteiger partial charge in [0.25, 0.3) is 5.91 Å². The van der Waals surface area contributed by atoms with E-state index in [1.807, 2.05) is 17.9 Å².